The number of hydrogen-bond donors (Lipinski definition) is 0. The van der Waals surface area contributed by atoms with Gasteiger partial charge in [-0.15, -0.1) is 5.10 Å². The molecule has 0 amide bonds. The number of rotatable bonds is 7. The molecule has 0 aliphatic heterocycles. The number of nitrogens with zero attached hydrogens (tertiary/aromatic N) is 3. The predicted molar refractivity (Wildman–Crippen MR) is 71.4 cm³/mol. The molecule has 0 spiro atoms. The Bertz CT molecular complexity index is 522. The third-order valence-electron chi connectivity index (χ3n) is 2.66. The van der Waals surface area contributed by atoms with Gasteiger partial charge in [0.15, 0.2) is 5.78 Å². The Kier molecular flexibility index (Phi) is 4.80. The third kappa shape index (κ3) is 3.48. The predicted octanol–water partition coefficient (Wildman–Crippen LogP) is 2.27. The van der Waals surface area contributed by atoms with Gasteiger partial charge in [0, 0.05) is 13.0 Å². The molecular weight excluding hydrogens is 242 g/mol. The van der Waals surface area contributed by atoms with Gasteiger partial charge in [0.05, 0.1) is 18.5 Å². The SMILES string of the molecule is CCCOCCC(=O)c1cnnn1-c1ccccc1. The lowest BCUT2D eigenvalue weighted by atomic mass is 10.2. The zero-order valence-corrected chi connectivity index (χ0v) is 11.0. The second-order valence-corrected chi connectivity index (χ2v) is 4.15. The number of para-hydroxylation sites is 1. The van der Waals surface area contributed by atoms with Gasteiger partial charge in [-0.1, -0.05) is 30.3 Å². The summed E-state index contributed by atoms with van der Waals surface area (Å²) in [5.74, 6) is -0.00930. The minimum absolute atomic E-state index is 0.00930. The molecule has 19 heavy (non-hydrogen) atoms. The van der Waals surface area contributed by atoms with Crippen LogP contribution in [0.3, 0.4) is 0 Å². The molecule has 5 heteroatoms. The first kappa shape index (κ1) is 13.4. The van der Waals surface area contributed by atoms with Gasteiger partial charge in [-0.2, -0.15) is 0 Å². The smallest absolute Gasteiger partial charge is 0.185 e. The molecule has 5 nitrogen and oxygen atoms in total. The number of carbonyl (C=O) groups is 1. The molecule has 0 fully saturated rings. The highest BCUT2D eigenvalue weighted by Gasteiger charge is 2.14. The number of ketones is 1. The molecule has 0 N–H and O–H groups in total. The molecule has 2 aromatic rings. The first-order valence-electron chi connectivity index (χ1n) is 6.40. The van der Waals surface area contributed by atoms with Crippen molar-refractivity contribution in [2.24, 2.45) is 0 Å². The fourth-order valence-electron chi connectivity index (χ4n) is 1.72. The van der Waals surface area contributed by atoms with Crippen molar-refractivity contribution >= 4 is 5.78 Å². The van der Waals surface area contributed by atoms with E-state index >= 15 is 0 Å². The summed E-state index contributed by atoms with van der Waals surface area (Å²) in [6.07, 6.45) is 2.80. The van der Waals surface area contributed by atoms with E-state index in [0.29, 0.717) is 25.3 Å². The van der Waals surface area contributed by atoms with Crippen molar-refractivity contribution in [2.45, 2.75) is 19.8 Å². The van der Waals surface area contributed by atoms with Gasteiger partial charge in [-0.3, -0.25) is 4.79 Å². The molecule has 0 unspecified atom stereocenters. The molecule has 1 heterocycles. The van der Waals surface area contributed by atoms with E-state index in [1.165, 1.54) is 6.20 Å². The molecule has 1 aromatic carbocycles. The fraction of sp³-hybridized carbons (Fsp3) is 0.357. The van der Waals surface area contributed by atoms with Crippen LogP contribution in [-0.4, -0.2) is 34.0 Å². The van der Waals surface area contributed by atoms with E-state index in [1.807, 2.05) is 37.3 Å². The number of hydrogen-bond acceptors (Lipinski definition) is 4. The second kappa shape index (κ2) is 6.80. The number of aromatic nitrogens is 3. The van der Waals surface area contributed by atoms with Crippen molar-refractivity contribution in [2.75, 3.05) is 13.2 Å². The summed E-state index contributed by atoms with van der Waals surface area (Å²) in [6, 6.07) is 9.49. The van der Waals surface area contributed by atoms with E-state index in [0.717, 1.165) is 12.1 Å². The van der Waals surface area contributed by atoms with Gasteiger partial charge in [0.2, 0.25) is 0 Å². The zero-order chi connectivity index (χ0) is 13.5. The topological polar surface area (TPSA) is 57.0 Å². The first-order valence-corrected chi connectivity index (χ1v) is 6.40. The van der Waals surface area contributed by atoms with Crippen LogP contribution < -0.4 is 0 Å². The Morgan fingerprint density at radius 2 is 2.05 bits per heavy atom. The van der Waals surface area contributed by atoms with Crippen LogP contribution in [-0.2, 0) is 4.74 Å². The van der Waals surface area contributed by atoms with Crippen LogP contribution in [0.15, 0.2) is 36.5 Å². The van der Waals surface area contributed by atoms with Gasteiger partial charge in [0.25, 0.3) is 0 Å². The summed E-state index contributed by atoms with van der Waals surface area (Å²) in [6.45, 7) is 3.16. The Hall–Kier alpha value is -2.01. The molecule has 0 atom stereocenters. The van der Waals surface area contributed by atoms with Crippen LogP contribution in [0.4, 0.5) is 0 Å². The molecule has 0 saturated heterocycles. The first-order chi connectivity index (χ1) is 9.33. The molecule has 100 valence electrons. The Balaban J connectivity index is 2.05. The molecular formula is C14H17N3O2. The van der Waals surface area contributed by atoms with Crippen LogP contribution in [0.5, 0.6) is 0 Å². The fourth-order valence-corrected chi connectivity index (χ4v) is 1.72. The Labute approximate surface area is 112 Å². The van der Waals surface area contributed by atoms with Gasteiger partial charge >= 0.3 is 0 Å². The molecule has 2 rings (SSSR count). The van der Waals surface area contributed by atoms with Crippen molar-refractivity contribution in [1.29, 1.82) is 0 Å². The summed E-state index contributed by atoms with van der Waals surface area (Å²) >= 11 is 0. The second-order valence-electron chi connectivity index (χ2n) is 4.15. The third-order valence-corrected chi connectivity index (χ3v) is 2.66. The van der Waals surface area contributed by atoms with Crippen LogP contribution in [0.25, 0.3) is 5.69 Å². The Morgan fingerprint density at radius 3 is 2.79 bits per heavy atom. The van der Waals surface area contributed by atoms with E-state index in [-0.39, 0.29) is 5.78 Å². The maximum absolute atomic E-state index is 12.1. The highest BCUT2D eigenvalue weighted by atomic mass is 16.5. The van der Waals surface area contributed by atoms with E-state index in [2.05, 4.69) is 10.3 Å². The monoisotopic (exact) mass is 259 g/mol. The van der Waals surface area contributed by atoms with Gasteiger partial charge in [0.1, 0.15) is 5.69 Å². The van der Waals surface area contributed by atoms with Gasteiger partial charge < -0.3 is 4.74 Å². The van der Waals surface area contributed by atoms with Crippen molar-refractivity contribution in [1.82, 2.24) is 15.0 Å². The van der Waals surface area contributed by atoms with Gasteiger partial charge in [-0.05, 0) is 18.6 Å². The van der Waals surface area contributed by atoms with Crippen LogP contribution >= 0.6 is 0 Å². The van der Waals surface area contributed by atoms with Crippen molar-refractivity contribution in [3.63, 3.8) is 0 Å². The van der Waals surface area contributed by atoms with Gasteiger partial charge in [-0.25, -0.2) is 4.68 Å². The average molecular weight is 259 g/mol. The molecule has 0 saturated carbocycles. The number of Topliss-reactive ketones (excluding diaryl/α,β-unsaturated/α-hetero) is 1. The lowest BCUT2D eigenvalue weighted by Crippen LogP contribution is -2.11. The largest absolute Gasteiger partial charge is 0.381 e. The molecule has 0 bridgehead atoms. The van der Waals surface area contributed by atoms with Crippen molar-refractivity contribution < 1.29 is 9.53 Å². The minimum atomic E-state index is -0.00930. The van der Waals surface area contributed by atoms with E-state index < -0.39 is 0 Å². The molecule has 1 aromatic heterocycles. The molecule has 0 radical (unpaired) electrons. The quantitative estimate of drug-likeness (QED) is 0.565. The van der Waals surface area contributed by atoms with Crippen molar-refractivity contribution in [3.8, 4) is 5.69 Å². The number of ether oxygens (including phenoxy) is 1. The number of benzene rings is 1. The lowest BCUT2D eigenvalue weighted by molar-refractivity contribution is 0.0872. The van der Waals surface area contributed by atoms with Crippen LogP contribution in [0, 0.1) is 0 Å². The average Bonchev–Trinajstić information content (AvgIpc) is 2.94. The van der Waals surface area contributed by atoms with Crippen molar-refractivity contribution in [3.05, 3.63) is 42.2 Å². The highest BCUT2D eigenvalue weighted by Crippen LogP contribution is 2.10. The van der Waals surface area contributed by atoms with Crippen LogP contribution in [0.1, 0.15) is 30.3 Å². The normalized spacial score (nSPS) is 10.6. The standard InChI is InChI=1S/C14H17N3O2/c1-2-9-19-10-8-14(18)13-11-15-16-17(13)12-6-4-3-5-7-12/h3-7,11H,2,8-10H2,1H3. The zero-order valence-electron chi connectivity index (χ0n) is 11.0. The lowest BCUT2D eigenvalue weighted by Gasteiger charge is -2.05. The molecule has 0 aliphatic carbocycles. The molecule has 0 aliphatic rings. The Morgan fingerprint density at radius 1 is 1.26 bits per heavy atom. The summed E-state index contributed by atoms with van der Waals surface area (Å²) in [5, 5.41) is 7.77. The maximum atomic E-state index is 12.1. The highest BCUT2D eigenvalue weighted by molar-refractivity contribution is 5.94. The minimum Gasteiger partial charge on any atom is -0.381 e. The summed E-state index contributed by atoms with van der Waals surface area (Å²) in [5.41, 5.74) is 1.32. The van der Waals surface area contributed by atoms with E-state index in [4.69, 9.17) is 4.74 Å². The maximum Gasteiger partial charge on any atom is 0.185 e. The summed E-state index contributed by atoms with van der Waals surface area (Å²) in [7, 11) is 0. The van der Waals surface area contributed by atoms with E-state index in [1.54, 1.807) is 4.68 Å². The van der Waals surface area contributed by atoms with Crippen LogP contribution in [0.2, 0.25) is 0 Å². The number of carbonyl (C=O) groups excluding carboxylic acids is 1. The summed E-state index contributed by atoms with van der Waals surface area (Å²) in [4.78, 5) is 12.1. The van der Waals surface area contributed by atoms with E-state index in [9.17, 15) is 4.79 Å². The summed E-state index contributed by atoms with van der Waals surface area (Å²) < 4.78 is 6.88.